The van der Waals surface area contributed by atoms with E-state index in [-0.39, 0.29) is 49.7 Å². The molecule has 0 saturated carbocycles. The average molecular weight is 533 g/mol. The fraction of sp³-hybridized carbons (Fsp3) is 0.519. The van der Waals surface area contributed by atoms with Crippen molar-refractivity contribution in [3.63, 3.8) is 0 Å². The highest BCUT2D eigenvalue weighted by molar-refractivity contribution is 6.10. The molecule has 0 radical (unpaired) electrons. The molecular formula is C27H37FN4O6. The van der Waals surface area contributed by atoms with Crippen LogP contribution in [0.4, 0.5) is 10.1 Å². The van der Waals surface area contributed by atoms with Gasteiger partial charge in [0, 0.05) is 31.6 Å². The lowest BCUT2D eigenvalue weighted by atomic mass is 9.87. The lowest BCUT2D eigenvalue weighted by molar-refractivity contribution is -0.135. The number of hydrogen-bond donors (Lipinski definition) is 5. The molecule has 0 aliphatic carbocycles. The van der Waals surface area contributed by atoms with E-state index in [1.807, 2.05) is 0 Å². The van der Waals surface area contributed by atoms with Crippen molar-refractivity contribution >= 4 is 23.3 Å². The fourth-order valence-electron chi connectivity index (χ4n) is 4.66. The van der Waals surface area contributed by atoms with Gasteiger partial charge in [0.05, 0.1) is 23.4 Å². The van der Waals surface area contributed by atoms with Crippen LogP contribution in [-0.2, 0) is 16.6 Å². The summed E-state index contributed by atoms with van der Waals surface area (Å²) in [4.78, 5) is 39.9. The third-order valence-corrected chi connectivity index (χ3v) is 7.10. The molecule has 1 fully saturated rings. The zero-order valence-electron chi connectivity index (χ0n) is 22.7. The topological polar surface area (TPSA) is 142 Å². The Morgan fingerprint density at radius 3 is 2.39 bits per heavy atom. The molecule has 2 heterocycles. The summed E-state index contributed by atoms with van der Waals surface area (Å²) in [6.07, 6.45) is -1.33. The number of nitrogens with one attached hydrogen (secondary N) is 3. The van der Waals surface area contributed by atoms with Crippen LogP contribution in [0.25, 0.3) is 0 Å². The Kier molecular flexibility index (Phi) is 8.77. The number of halogens is 1. The van der Waals surface area contributed by atoms with E-state index in [0.717, 1.165) is 0 Å². The highest BCUT2D eigenvalue weighted by atomic mass is 19.1. The van der Waals surface area contributed by atoms with Crippen LogP contribution in [0.5, 0.6) is 0 Å². The number of aliphatic hydroxyl groups is 2. The smallest absolute Gasteiger partial charge is 0.257 e. The van der Waals surface area contributed by atoms with Gasteiger partial charge in [-0.05, 0) is 76.8 Å². The second-order valence-corrected chi connectivity index (χ2v) is 10.5. The summed E-state index contributed by atoms with van der Waals surface area (Å²) >= 11 is 0. The number of carbonyl (C=O) groups is 3. The molecule has 10 nitrogen and oxygen atoms in total. The molecule has 1 aliphatic heterocycles. The second kappa shape index (κ2) is 11.3. The summed E-state index contributed by atoms with van der Waals surface area (Å²) in [5, 5.41) is 28.9. The first-order valence-electron chi connectivity index (χ1n) is 12.5. The highest BCUT2D eigenvalue weighted by Crippen LogP contribution is 2.27. The fourth-order valence-corrected chi connectivity index (χ4v) is 4.66. The number of amides is 2. The van der Waals surface area contributed by atoms with Crippen molar-refractivity contribution in [2.45, 2.75) is 64.8 Å². The van der Waals surface area contributed by atoms with Crippen molar-refractivity contribution in [1.29, 1.82) is 0 Å². The maximum Gasteiger partial charge on any atom is 0.257 e. The van der Waals surface area contributed by atoms with Crippen molar-refractivity contribution in [2.75, 3.05) is 25.1 Å². The summed E-state index contributed by atoms with van der Waals surface area (Å²) < 4.78 is 20.6. The largest absolute Gasteiger partial charge is 0.394 e. The number of anilines is 1. The zero-order chi connectivity index (χ0) is 28.4. The number of ether oxygens (including phenoxy) is 1. The minimum absolute atomic E-state index is 0.112. The molecule has 11 heteroatoms. The minimum Gasteiger partial charge on any atom is -0.394 e. The molecule has 0 spiro atoms. The number of aromatic nitrogens is 1. The second-order valence-electron chi connectivity index (χ2n) is 10.5. The number of hydrogen-bond acceptors (Lipinski definition) is 7. The number of aliphatic hydroxyl groups excluding tert-OH is 2. The number of carbonyl (C=O) groups excluding carboxylic acids is 3. The van der Waals surface area contributed by atoms with Crippen LogP contribution in [0.2, 0.25) is 0 Å². The Bertz CT molecular complexity index is 1230. The summed E-state index contributed by atoms with van der Waals surface area (Å²) in [7, 11) is 1.61. The maximum atomic E-state index is 13.6. The van der Waals surface area contributed by atoms with Crippen LogP contribution in [0.3, 0.4) is 0 Å². The monoisotopic (exact) mass is 532 g/mol. The van der Waals surface area contributed by atoms with E-state index in [4.69, 9.17) is 4.74 Å². The molecule has 1 aromatic heterocycles. The molecule has 5 N–H and O–H groups in total. The molecule has 1 atom stereocenters. The van der Waals surface area contributed by atoms with Crippen molar-refractivity contribution in [3.8, 4) is 0 Å². The van der Waals surface area contributed by atoms with Crippen molar-refractivity contribution < 1.29 is 33.7 Å². The highest BCUT2D eigenvalue weighted by Gasteiger charge is 2.44. The van der Waals surface area contributed by atoms with E-state index in [1.54, 1.807) is 41.7 Å². The first-order chi connectivity index (χ1) is 17.7. The molecule has 0 bridgehead atoms. The van der Waals surface area contributed by atoms with Crippen LogP contribution in [0, 0.1) is 26.6 Å². The molecule has 2 aromatic rings. The van der Waals surface area contributed by atoms with Gasteiger partial charge in [-0.25, -0.2) is 4.39 Å². The van der Waals surface area contributed by atoms with Gasteiger partial charge in [-0.2, -0.15) is 0 Å². The predicted molar refractivity (Wildman–Crippen MR) is 140 cm³/mol. The van der Waals surface area contributed by atoms with E-state index in [2.05, 4.69) is 16.0 Å². The van der Waals surface area contributed by atoms with E-state index in [1.165, 1.54) is 22.8 Å². The molecule has 1 aromatic carbocycles. The normalized spacial score (nSPS) is 16.1. The van der Waals surface area contributed by atoms with Gasteiger partial charge in [0.2, 0.25) is 11.7 Å². The number of nitrogens with zero attached hydrogens (tertiary/aromatic N) is 1. The van der Waals surface area contributed by atoms with Gasteiger partial charge >= 0.3 is 0 Å². The third kappa shape index (κ3) is 5.96. The molecule has 3 rings (SSSR count). The molecule has 2 amide bonds. The lowest BCUT2D eigenvalue weighted by Gasteiger charge is -2.40. The first kappa shape index (κ1) is 29.4. The number of rotatable bonds is 9. The standard InChI is InChI=1S/C27H37FN4O6/c1-15-13-18(7-8-19(15)28)29-23(35)20-16(2)21(32(6)17(20)3)22(34)24(36)30-27(9-11-38-12-10-27)25(37)31-26(4,5)14-33/h7-8,13,24,30,33,36H,9-12,14H2,1-6H3,(H,29,35)(H,31,37). The Hall–Kier alpha value is -3.12. The SMILES string of the molecule is Cc1cc(NC(=O)c2c(C)c(C(=O)C(O)NC3(C(=O)NC(C)(C)CO)CCOCC3)n(C)c2C)ccc1F. The number of ketones is 1. The minimum atomic E-state index is -1.75. The van der Waals surface area contributed by atoms with Crippen LogP contribution in [0.15, 0.2) is 18.2 Å². The number of benzene rings is 1. The molecule has 38 heavy (non-hydrogen) atoms. The molecule has 1 aliphatic rings. The molecule has 1 unspecified atom stereocenters. The van der Waals surface area contributed by atoms with Gasteiger partial charge in [-0.1, -0.05) is 0 Å². The maximum absolute atomic E-state index is 13.6. The number of Topliss-reactive ketones (excluding diaryl/α,β-unsaturated/α-hetero) is 1. The van der Waals surface area contributed by atoms with Crippen molar-refractivity contribution in [2.24, 2.45) is 7.05 Å². The van der Waals surface area contributed by atoms with E-state index in [0.29, 0.717) is 22.5 Å². The predicted octanol–water partition coefficient (Wildman–Crippen LogP) is 1.87. The summed E-state index contributed by atoms with van der Waals surface area (Å²) in [6.45, 7) is 8.40. The molecule has 1 saturated heterocycles. The van der Waals surface area contributed by atoms with Gasteiger partial charge in [0.15, 0.2) is 6.23 Å². The summed E-state index contributed by atoms with van der Waals surface area (Å²) in [5.41, 5.74) is -0.191. The zero-order valence-corrected chi connectivity index (χ0v) is 22.7. The summed E-state index contributed by atoms with van der Waals surface area (Å²) in [6, 6.07) is 4.22. The van der Waals surface area contributed by atoms with Crippen molar-refractivity contribution in [3.05, 3.63) is 52.1 Å². The lowest BCUT2D eigenvalue weighted by Crippen LogP contribution is -2.66. The molecule has 208 valence electrons. The Balaban J connectivity index is 1.87. The van der Waals surface area contributed by atoms with E-state index < -0.39 is 34.9 Å². The van der Waals surface area contributed by atoms with Crippen LogP contribution >= 0.6 is 0 Å². The van der Waals surface area contributed by atoms with Crippen LogP contribution < -0.4 is 16.0 Å². The molecular weight excluding hydrogens is 495 g/mol. The third-order valence-electron chi connectivity index (χ3n) is 7.10. The van der Waals surface area contributed by atoms with Crippen molar-refractivity contribution in [1.82, 2.24) is 15.2 Å². The van der Waals surface area contributed by atoms with Gasteiger partial charge < -0.3 is 30.2 Å². The van der Waals surface area contributed by atoms with Gasteiger partial charge in [0.1, 0.15) is 11.4 Å². The quantitative estimate of drug-likeness (QED) is 0.245. The van der Waals surface area contributed by atoms with Gasteiger partial charge in [0.25, 0.3) is 5.91 Å². The van der Waals surface area contributed by atoms with Crippen LogP contribution in [0.1, 0.15) is 64.4 Å². The van der Waals surface area contributed by atoms with Gasteiger partial charge in [-0.15, -0.1) is 0 Å². The summed E-state index contributed by atoms with van der Waals surface area (Å²) in [5.74, 6) is -2.03. The Morgan fingerprint density at radius 2 is 1.82 bits per heavy atom. The van der Waals surface area contributed by atoms with E-state index >= 15 is 0 Å². The first-order valence-corrected chi connectivity index (χ1v) is 12.5. The van der Waals surface area contributed by atoms with Crippen LogP contribution in [-0.4, -0.2) is 69.5 Å². The van der Waals surface area contributed by atoms with E-state index in [9.17, 15) is 29.0 Å². The Morgan fingerprint density at radius 1 is 1.18 bits per heavy atom. The Labute approximate surface area is 221 Å². The van der Waals surface area contributed by atoms with Gasteiger partial charge in [-0.3, -0.25) is 19.7 Å². The number of aryl methyl sites for hydroxylation is 1. The average Bonchev–Trinajstić information content (AvgIpc) is 3.08.